The van der Waals surface area contributed by atoms with Crippen molar-refractivity contribution in [2.75, 3.05) is 17.8 Å². The molecule has 3 aromatic rings. The summed E-state index contributed by atoms with van der Waals surface area (Å²) in [5.41, 5.74) is 2.93. The zero-order valence-corrected chi connectivity index (χ0v) is 17.0. The van der Waals surface area contributed by atoms with Gasteiger partial charge < -0.3 is 9.64 Å². The normalized spacial score (nSPS) is 19.5. The molecular formula is C24H23NO3S. The monoisotopic (exact) mass is 405 g/mol. The van der Waals surface area contributed by atoms with E-state index >= 15 is 0 Å². The van der Waals surface area contributed by atoms with Gasteiger partial charge in [-0.1, -0.05) is 60.7 Å². The first-order valence-electron chi connectivity index (χ1n) is 9.62. The van der Waals surface area contributed by atoms with Crippen molar-refractivity contribution in [1.29, 1.82) is 0 Å². The van der Waals surface area contributed by atoms with Crippen LogP contribution in [-0.4, -0.2) is 28.2 Å². The quantitative estimate of drug-likeness (QED) is 0.555. The number of para-hydroxylation sites is 1. The Morgan fingerprint density at radius 3 is 2.14 bits per heavy atom. The number of methoxy groups -OCH3 is 1. The van der Waals surface area contributed by atoms with Crippen molar-refractivity contribution in [2.45, 2.75) is 17.7 Å². The molecule has 0 bridgehead atoms. The first-order valence-corrected chi connectivity index (χ1v) is 11.0. The summed E-state index contributed by atoms with van der Waals surface area (Å²) >= 11 is 0. The molecule has 1 fully saturated rings. The van der Waals surface area contributed by atoms with Gasteiger partial charge in [-0.25, -0.2) is 0 Å². The van der Waals surface area contributed by atoms with Gasteiger partial charge in [-0.05, 0) is 41.8 Å². The maximum Gasteiger partial charge on any atom is 0.245 e. The molecule has 3 aromatic carbocycles. The Hall–Kier alpha value is -2.92. The van der Waals surface area contributed by atoms with Crippen molar-refractivity contribution in [3.8, 4) is 5.75 Å². The Balaban J connectivity index is 1.59. The highest BCUT2D eigenvalue weighted by atomic mass is 32.2. The molecule has 1 aliphatic heterocycles. The second-order valence-corrected chi connectivity index (χ2v) is 8.68. The molecule has 1 amide bonds. The predicted octanol–water partition coefficient (Wildman–Crippen LogP) is 4.14. The molecular weight excluding hydrogens is 382 g/mol. The third-order valence-corrected chi connectivity index (χ3v) is 6.89. The van der Waals surface area contributed by atoms with Crippen LogP contribution in [0.4, 0.5) is 5.69 Å². The van der Waals surface area contributed by atoms with Crippen LogP contribution < -0.4 is 9.64 Å². The highest BCUT2D eigenvalue weighted by Crippen LogP contribution is 2.42. The zero-order valence-electron chi connectivity index (χ0n) is 16.2. The standard InChI is InChI=1S/C24H23NO3S/c1-28-21-14-12-19(13-15-21)22-23(24(26)25(22)20-10-6-3-7-11-20)29(27)17-16-18-8-4-2-5-9-18/h2-15,22-23H,16-17H2,1H3/t22-,23-,29+/m1/s1. The predicted molar refractivity (Wildman–Crippen MR) is 117 cm³/mol. The van der Waals surface area contributed by atoms with Crippen LogP contribution in [0.5, 0.6) is 5.75 Å². The number of nitrogens with zero attached hydrogens (tertiary/aromatic N) is 1. The molecule has 1 heterocycles. The number of benzene rings is 3. The van der Waals surface area contributed by atoms with Gasteiger partial charge in [-0.2, -0.15) is 0 Å². The maximum atomic E-state index is 13.1. The highest BCUT2D eigenvalue weighted by molar-refractivity contribution is 7.86. The zero-order chi connectivity index (χ0) is 20.2. The van der Waals surface area contributed by atoms with Gasteiger partial charge in [0.1, 0.15) is 11.0 Å². The van der Waals surface area contributed by atoms with E-state index in [1.807, 2.05) is 84.9 Å². The maximum absolute atomic E-state index is 13.1. The van der Waals surface area contributed by atoms with Crippen molar-refractivity contribution in [3.05, 3.63) is 96.1 Å². The molecule has 0 radical (unpaired) electrons. The molecule has 0 N–H and O–H groups in total. The largest absolute Gasteiger partial charge is 0.497 e. The fourth-order valence-electron chi connectivity index (χ4n) is 3.71. The second kappa shape index (κ2) is 8.62. The average Bonchev–Trinajstić information content (AvgIpc) is 2.77. The van der Waals surface area contributed by atoms with Gasteiger partial charge in [0, 0.05) is 22.2 Å². The molecule has 1 aliphatic rings. The van der Waals surface area contributed by atoms with Crippen LogP contribution in [-0.2, 0) is 22.0 Å². The number of β-lactam (4-membered cyclic amide) rings is 1. The highest BCUT2D eigenvalue weighted by Gasteiger charge is 2.51. The van der Waals surface area contributed by atoms with E-state index in [1.165, 1.54) is 0 Å². The smallest absolute Gasteiger partial charge is 0.245 e. The lowest BCUT2D eigenvalue weighted by Crippen LogP contribution is -2.61. The summed E-state index contributed by atoms with van der Waals surface area (Å²) in [6.07, 6.45) is 0.692. The van der Waals surface area contributed by atoms with Crippen LogP contribution in [0.15, 0.2) is 84.9 Å². The minimum atomic E-state index is -1.26. The fraction of sp³-hybridized carbons (Fsp3) is 0.208. The summed E-state index contributed by atoms with van der Waals surface area (Å²) in [5, 5.41) is -0.535. The van der Waals surface area contributed by atoms with Crippen LogP contribution in [0.25, 0.3) is 0 Å². The Bertz CT molecular complexity index is 990. The number of amides is 1. The van der Waals surface area contributed by atoms with Gasteiger partial charge in [0.05, 0.1) is 13.2 Å². The number of hydrogen-bond acceptors (Lipinski definition) is 3. The molecule has 1 saturated heterocycles. The van der Waals surface area contributed by atoms with Gasteiger partial charge in [0.15, 0.2) is 0 Å². The van der Waals surface area contributed by atoms with Gasteiger partial charge in [0.2, 0.25) is 5.91 Å². The number of aryl methyl sites for hydroxylation is 1. The summed E-state index contributed by atoms with van der Waals surface area (Å²) in [4.78, 5) is 14.8. The van der Waals surface area contributed by atoms with Crippen LogP contribution >= 0.6 is 0 Å². The molecule has 0 unspecified atom stereocenters. The molecule has 0 saturated carbocycles. The number of anilines is 1. The van der Waals surface area contributed by atoms with Crippen LogP contribution in [0, 0.1) is 0 Å². The van der Waals surface area contributed by atoms with E-state index in [0.29, 0.717) is 12.2 Å². The lowest BCUT2D eigenvalue weighted by Gasteiger charge is -2.46. The topological polar surface area (TPSA) is 46.6 Å². The Morgan fingerprint density at radius 1 is 0.897 bits per heavy atom. The molecule has 0 aromatic heterocycles. The summed E-state index contributed by atoms with van der Waals surface area (Å²) in [5.74, 6) is 1.14. The van der Waals surface area contributed by atoms with Gasteiger partial charge in [-0.3, -0.25) is 9.00 Å². The third kappa shape index (κ3) is 3.96. The van der Waals surface area contributed by atoms with Crippen molar-refractivity contribution >= 4 is 22.4 Å². The Morgan fingerprint density at radius 2 is 1.52 bits per heavy atom. The number of carbonyl (C=O) groups is 1. The Kier molecular flexibility index (Phi) is 5.76. The molecule has 148 valence electrons. The molecule has 4 nitrogen and oxygen atoms in total. The summed E-state index contributed by atoms with van der Waals surface area (Å²) in [7, 11) is 0.361. The van der Waals surface area contributed by atoms with Crippen LogP contribution in [0.1, 0.15) is 17.2 Å². The second-order valence-electron chi connectivity index (χ2n) is 7.00. The lowest BCUT2D eigenvalue weighted by molar-refractivity contribution is -0.123. The van der Waals surface area contributed by atoms with Crippen molar-refractivity contribution < 1.29 is 13.7 Å². The lowest BCUT2D eigenvalue weighted by atomic mass is 9.92. The van der Waals surface area contributed by atoms with Crippen molar-refractivity contribution in [3.63, 3.8) is 0 Å². The molecule has 29 heavy (non-hydrogen) atoms. The van der Waals surface area contributed by atoms with Gasteiger partial charge >= 0.3 is 0 Å². The summed E-state index contributed by atoms with van der Waals surface area (Å²) < 4.78 is 18.4. The van der Waals surface area contributed by atoms with Crippen molar-refractivity contribution in [1.82, 2.24) is 0 Å². The van der Waals surface area contributed by atoms with Gasteiger partial charge in [0.25, 0.3) is 0 Å². The third-order valence-electron chi connectivity index (χ3n) is 5.26. The Labute approximate surface area is 173 Å². The molecule has 0 spiro atoms. The van der Waals surface area contributed by atoms with E-state index in [0.717, 1.165) is 22.6 Å². The first kappa shape index (κ1) is 19.4. The summed E-state index contributed by atoms with van der Waals surface area (Å²) in [6.45, 7) is 0. The SMILES string of the molecule is COc1ccc([C@@H]2[C@@H]([S@@](=O)CCc3ccccc3)C(=O)N2c2ccccc2)cc1. The van der Waals surface area contributed by atoms with Crippen molar-refractivity contribution in [2.24, 2.45) is 0 Å². The van der Waals surface area contributed by atoms with Crippen LogP contribution in [0.2, 0.25) is 0 Å². The molecule has 4 rings (SSSR count). The minimum Gasteiger partial charge on any atom is -0.497 e. The fourth-order valence-corrected chi connectivity index (χ4v) is 5.31. The number of rotatable bonds is 7. The van der Waals surface area contributed by atoms with E-state index in [1.54, 1.807) is 12.0 Å². The van der Waals surface area contributed by atoms with E-state index in [9.17, 15) is 9.00 Å². The van der Waals surface area contributed by atoms with Crippen LogP contribution in [0.3, 0.4) is 0 Å². The van der Waals surface area contributed by atoms with E-state index < -0.39 is 16.0 Å². The molecule has 3 atom stereocenters. The molecule has 5 heteroatoms. The average molecular weight is 406 g/mol. The van der Waals surface area contributed by atoms with Gasteiger partial charge in [-0.15, -0.1) is 0 Å². The minimum absolute atomic E-state index is 0.0802. The number of hydrogen-bond donors (Lipinski definition) is 0. The van der Waals surface area contributed by atoms with E-state index in [4.69, 9.17) is 4.74 Å². The summed E-state index contributed by atoms with van der Waals surface area (Å²) in [6, 6.07) is 27.0. The first-order chi connectivity index (χ1) is 14.2. The molecule has 0 aliphatic carbocycles. The number of ether oxygens (including phenoxy) is 1. The number of carbonyl (C=O) groups excluding carboxylic acids is 1. The van der Waals surface area contributed by atoms with E-state index in [-0.39, 0.29) is 11.9 Å². The van der Waals surface area contributed by atoms with E-state index in [2.05, 4.69) is 0 Å².